The predicted octanol–water partition coefficient (Wildman–Crippen LogP) is 2.57. The summed E-state index contributed by atoms with van der Waals surface area (Å²) in [6.45, 7) is 0.531. The minimum atomic E-state index is -3.33. The number of nitrogens with zero attached hydrogens (tertiary/aromatic N) is 1. The van der Waals surface area contributed by atoms with Crippen LogP contribution in [0.2, 0.25) is 0 Å². The zero-order valence-electron chi connectivity index (χ0n) is 9.89. The summed E-state index contributed by atoms with van der Waals surface area (Å²) in [5.74, 6) is 0.801. The van der Waals surface area contributed by atoms with Gasteiger partial charge in [0.25, 0.3) is 0 Å². The van der Waals surface area contributed by atoms with Gasteiger partial charge in [0.15, 0.2) is 0 Å². The Balaban J connectivity index is 2.88. The third-order valence-corrected chi connectivity index (χ3v) is 5.51. The maximum Gasteiger partial charge on any atom is 0.242 e. The lowest BCUT2D eigenvalue weighted by atomic mass is 10.2. The van der Waals surface area contributed by atoms with Crippen LogP contribution in [-0.4, -0.2) is 38.3 Å². The molecule has 0 bridgehead atoms. The second-order valence-corrected chi connectivity index (χ2v) is 7.19. The normalized spacial score (nSPS) is 12.0. The van der Waals surface area contributed by atoms with Crippen LogP contribution >= 0.6 is 27.7 Å². The van der Waals surface area contributed by atoms with Gasteiger partial charge in [0.1, 0.15) is 0 Å². The first-order valence-corrected chi connectivity index (χ1v) is 9.08. The van der Waals surface area contributed by atoms with Crippen molar-refractivity contribution in [3.8, 4) is 0 Å². The quantitative estimate of drug-likeness (QED) is 0.748. The molecule has 1 aromatic carbocycles. The minimum Gasteiger partial charge on any atom is -0.207 e. The van der Waals surface area contributed by atoms with E-state index in [0.717, 1.165) is 16.6 Å². The Labute approximate surface area is 116 Å². The summed E-state index contributed by atoms with van der Waals surface area (Å²) in [6.07, 6.45) is 1.96. The number of hydrogen-bond acceptors (Lipinski definition) is 3. The topological polar surface area (TPSA) is 37.4 Å². The molecule has 0 atom stereocenters. The standard InChI is InChI=1S/C11H16BrNO2S2/c1-13(7-8-16-2)17(14,15)11-5-3-10(9-12)4-6-11/h3-6H,7-9H2,1-2H3. The molecular formula is C11H16BrNO2S2. The Morgan fingerprint density at radius 3 is 2.35 bits per heavy atom. The van der Waals surface area contributed by atoms with Gasteiger partial charge < -0.3 is 0 Å². The number of halogens is 1. The lowest BCUT2D eigenvalue weighted by Crippen LogP contribution is -2.29. The van der Waals surface area contributed by atoms with Crippen molar-refractivity contribution in [3.05, 3.63) is 29.8 Å². The molecule has 0 aromatic heterocycles. The summed E-state index contributed by atoms with van der Waals surface area (Å²) in [4.78, 5) is 0.353. The maximum atomic E-state index is 12.1. The molecule has 0 heterocycles. The van der Waals surface area contributed by atoms with Gasteiger partial charge in [-0.1, -0.05) is 28.1 Å². The molecule has 0 aliphatic rings. The van der Waals surface area contributed by atoms with Crippen molar-refractivity contribution in [1.82, 2.24) is 4.31 Å². The third-order valence-electron chi connectivity index (χ3n) is 2.40. The van der Waals surface area contributed by atoms with E-state index < -0.39 is 10.0 Å². The van der Waals surface area contributed by atoms with Crippen molar-refractivity contribution in [2.45, 2.75) is 10.2 Å². The van der Waals surface area contributed by atoms with Crippen molar-refractivity contribution in [3.63, 3.8) is 0 Å². The van der Waals surface area contributed by atoms with E-state index in [1.54, 1.807) is 30.9 Å². The molecule has 96 valence electrons. The highest BCUT2D eigenvalue weighted by atomic mass is 79.9. The second-order valence-electron chi connectivity index (χ2n) is 3.60. The van der Waals surface area contributed by atoms with E-state index in [0.29, 0.717) is 11.4 Å². The van der Waals surface area contributed by atoms with Crippen molar-refractivity contribution >= 4 is 37.7 Å². The van der Waals surface area contributed by atoms with Crippen LogP contribution in [-0.2, 0) is 15.4 Å². The van der Waals surface area contributed by atoms with E-state index >= 15 is 0 Å². The first-order chi connectivity index (χ1) is 8.02. The summed E-state index contributed by atoms with van der Waals surface area (Å²) in [7, 11) is -1.72. The number of hydrogen-bond donors (Lipinski definition) is 0. The van der Waals surface area contributed by atoms with Gasteiger partial charge in [-0.2, -0.15) is 11.8 Å². The average Bonchev–Trinajstić information content (AvgIpc) is 2.35. The molecule has 0 saturated heterocycles. The molecule has 0 saturated carbocycles. The number of sulfonamides is 1. The van der Waals surface area contributed by atoms with Crippen LogP contribution in [0.25, 0.3) is 0 Å². The Bertz CT molecular complexity index is 445. The van der Waals surface area contributed by atoms with Crippen molar-refractivity contribution in [2.24, 2.45) is 0 Å². The molecule has 0 radical (unpaired) electrons. The van der Waals surface area contributed by atoms with Crippen LogP contribution in [0.4, 0.5) is 0 Å². The maximum absolute atomic E-state index is 12.1. The molecule has 0 N–H and O–H groups in total. The monoisotopic (exact) mass is 337 g/mol. The first-order valence-electron chi connectivity index (χ1n) is 5.12. The Kier molecular flexibility index (Phi) is 5.99. The van der Waals surface area contributed by atoms with Gasteiger partial charge in [0.05, 0.1) is 4.90 Å². The molecule has 0 aliphatic heterocycles. The van der Waals surface area contributed by atoms with E-state index in [1.807, 2.05) is 18.4 Å². The van der Waals surface area contributed by atoms with Crippen LogP contribution in [0.15, 0.2) is 29.2 Å². The Morgan fingerprint density at radius 2 is 1.88 bits per heavy atom. The highest BCUT2D eigenvalue weighted by molar-refractivity contribution is 9.08. The lowest BCUT2D eigenvalue weighted by Gasteiger charge is -2.16. The molecule has 17 heavy (non-hydrogen) atoms. The highest BCUT2D eigenvalue weighted by Gasteiger charge is 2.19. The fourth-order valence-electron chi connectivity index (χ4n) is 1.27. The molecular weight excluding hydrogens is 322 g/mol. The van der Waals surface area contributed by atoms with Gasteiger partial charge in [0, 0.05) is 24.7 Å². The van der Waals surface area contributed by atoms with Crippen molar-refractivity contribution in [2.75, 3.05) is 25.6 Å². The zero-order valence-corrected chi connectivity index (χ0v) is 13.1. The van der Waals surface area contributed by atoms with E-state index in [4.69, 9.17) is 0 Å². The zero-order chi connectivity index (χ0) is 12.9. The first kappa shape index (κ1) is 15.0. The molecule has 0 amide bonds. The molecule has 1 aromatic rings. The summed E-state index contributed by atoms with van der Waals surface area (Å²) in [5, 5.41) is 0.732. The van der Waals surface area contributed by atoms with Crippen LogP contribution in [0.1, 0.15) is 5.56 Å². The van der Waals surface area contributed by atoms with E-state index in [1.165, 1.54) is 4.31 Å². The molecule has 0 unspecified atom stereocenters. The summed E-state index contributed by atoms with van der Waals surface area (Å²) in [5.41, 5.74) is 1.07. The number of rotatable bonds is 6. The average molecular weight is 338 g/mol. The van der Waals surface area contributed by atoms with Gasteiger partial charge in [-0.25, -0.2) is 12.7 Å². The van der Waals surface area contributed by atoms with Gasteiger partial charge in [-0.15, -0.1) is 0 Å². The predicted molar refractivity (Wildman–Crippen MR) is 77.3 cm³/mol. The SMILES string of the molecule is CSCCN(C)S(=O)(=O)c1ccc(CBr)cc1. The smallest absolute Gasteiger partial charge is 0.207 e. The summed E-state index contributed by atoms with van der Waals surface area (Å²) < 4.78 is 25.7. The van der Waals surface area contributed by atoms with E-state index in [2.05, 4.69) is 15.9 Å². The molecule has 0 spiro atoms. The molecule has 1 rings (SSSR count). The summed E-state index contributed by atoms with van der Waals surface area (Å²) in [6, 6.07) is 6.96. The Morgan fingerprint density at radius 1 is 1.29 bits per heavy atom. The Hall–Kier alpha value is -0.0400. The van der Waals surface area contributed by atoms with Crippen molar-refractivity contribution < 1.29 is 8.42 Å². The number of thioether (sulfide) groups is 1. The molecule has 6 heteroatoms. The second kappa shape index (κ2) is 6.78. The van der Waals surface area contributed by atoms with Gasteiger partial charge in [-0.3, -0.25) is 0 Å². The summed E-state index contributed by atoms with van der Waals surface area (Å²) >= 11 is 4.97. The van der Waals surface area contributed by atoms with Crippen molar-refractivity contribution in [1.29, 1.82) is 0 Å². The van der Waals surface area contributed by atoms with Crippen LogP contribution in [0, 0.1) is 0 Å². The molecule has 3 nitrogen and oxygen atoms in total. The number of alkyl halides is 1. The van der Waals surface area contributed by atoms with E-state index in [-0.39, 0.29) is 0 Å². The van der Waals surface area contributed by atoms with E-state index in [9.17, 15) is 8.42 Å². The highest BCUT2D eigenvalue weighted by Crippen LogP contribution is 2.16. The van der Waals surface area contributed by atoms with Crippen LogP contribution in [0.5, 0.6) is 0 Å². The minimum absolute atomic E-state index is 0.353. The van der Waals surface area contributed by atoms with Gasteiger partial charge in [-0.05, 0) is 24.0 Å². The lowest BCUT2D eigenvalue weighted by molar-refractivity contribution is 0.488. The third kappa shape index (κ3) is 3.98. The fraction of sp³-hybridized carbons (Fsp3) is 0.455. The van der Waals surface area contributed by atoms with Crippen LogP contribution in [0.3, 0.4) is 0 Å². The van der Waals surface area contributed by atoms with Gasteiger partial charge >= 0.3 is 0 Å². The molecule has 0 fully saturated rings. The van der Waals surface area contributed by atoms with Crippen LogP contribution < -0.4 is 0 Å². The number of benzene rings is 1. The van der Waals surface area contributed by atoms with Gasteiger partial charge in [0.2, 0.25) is 10.0 Å². The largest absolute Gasteiger partial charge is 0.242 e. The fourth-order valence-corrected chi connectivity index (χ4v) is 3.39. The molecule has 0 aliphatic carbocycles.